The molecule has 0 saturated carbocycles. The molecule has 12 heavy (non-hydrogen) atoms. The smallest absolute Gasteiger partial charge is 0.141 e. The predicted molar refractivity (Wildman–Crippen MR) is 46.8 cm³/mol. The van der Waals surface area contributed by atoms with Crippen LogP contribution in [0.4, 0.5) is 0 Å². The van der Waals surface area contributed by atoms with Crippen molar-refractivity contribution in [3.8, 4) is 0 Å². The molecule has 0 amide bonds. The van der Waals surface area contributed by atoms with Gasteiger partial charge in [0.1, 0.15) is 5.78 Å². The fourth-order valence-corrected chi connectivity index (χ4v) is 1.50. The summed E-state index contributed by atoms with van der Waals surface area (Å²) < 4.78 is 0. The minimum atomic E-state index is -0.0544. The lowest BCUT2D eigenvalue weighted by molar-refractivity contribution is -0.117. The van der Waals surface area contributed by atoms with Crippen molar-refractivity contribution in [2.75, 3.05) is 0 Å². The van der Waals surface area contributed by atoms with Gasteiger partial charge in [-0.05, 0) is 24.1 Å². The number of hydrogen-bond acceptors (Lipinski definition) is 1. The van der Waals surface area contributed by atoms with E-state index in [1.807, 2.05) is 30.3 Å². The molecule has 1 unspecified atom stereocenters. The van der Waals surface area contributed by atoms with Crippen LogP contribution in [0.15, 0.2) is 30.3 Å². The van der Waals surface area contributed by atoms with Crippen molar-refractivity contribution >= 4 is 5.78 Å². The monoisotopic (exact) mass is 157 g/mol. The van der Waals surface area contributed by atoms with E-state index < -0.39 is 0 Å². The molecule has 0 aromatic heterocycles. The Bertz CT molecular complexity index is 350. The normalized spacial score (nSPS) is 19.2. The highest BCUT2D eigenvalue weighted by molar-refractivity contribution is 5.87. The van der Waals surface area contributed by atoms with Crippen molar-refractivity contribution < 1.29 is 4.79 Å². The van der Waals surface area contributed by atoms with Crippen molar-refractivity contribution in [1.29, 1.82) is 0 Å². The number of carbonyl (C=O) groups excluding carboxylic acids is 1. The third kappa shape index (κ3) is 0.981. The second kappa shape index (κ2) is 2.59. The summed E-state index contributed by atoms with van der Waals surface area (Å²) in [6.45, 7) is 1.62. The Balaban J connectivity index is 2.49. The molecule has 0 heterocycles. The van der Waals surface area contributed by atoms with Crippen molar-refractivity contribution in [2.45, 2.75) is 12.8 Å². The van der Waals surface area contributed by atoms with Gasteiger partial charge < -0.3 is 0 Å². The first-order chi connectivity index (χ1) is 5.79. The van der Waals surface area contributed by atoms with Gasteiger partial charge in [-0.2, -0.15) is 0 Å². The van der Waals surface area contributed by atoms with Gasteiger partial charge in [0.25, 0.3) is 0 Å². The first-order valence-electron chi connectivity index (χ1n) is 3.98. The Kier molecular flexibility index (Phi) is 1.58. The Labute approximate surface area is 71.7 Å². The van der Waals surface area contributed by atoms with E-state index in [9.17, 15) is 4.79 Å². The second-order valence-electron chi connectivity index (χ2n) is 2.99. The van der Waals surface area contributed by atoms with Crippen LogP contribution in [-0.4, -0.2) is 5.78 Å². The minimum absolute atomic E-state index is 0.0544. The van der Waals surface area contributed by atoms with E-state index in [4.69, 9.17) is 0 Å². The van der Waals surface area contributed by atoms with Crippen LogP contribution >= 0.6 is 0 Å². The summed E-state index contributed by atoms with van der Waals surface area (Å²) in [4.78, 5) is 11.1. The highest BCUT2D eigenvalue weighted by Crippen LogP contribution is 2.28. The molecule has 0 spiro atoms. The van der Waals surface area contributed by atoms with Gasteiger partial charge in [-0.3, -0.25) is 4.79 Å². The van der Waals surface area contributed by atoms with E-state index in [0.29, 0.717) is 0 Å². The Morgan fingerprint density at radius 2 is 2.17 bits per heavy atom. The molecule has 0 fully saturated rings. The van der Waals surface area contributed by atoms with Gasteiger partial charge in [-0.1, -0.05) is 30.3 Å². The van der Waals surface area contributed by atoms with Gasteiger partial charge in [-0.15, -0.1) is 0 Å². The lowest BCUT2D eigenvalue weighted by Crippen LogP contribution is -2.03. The van der Waals surface area contributed by atoms with E-state index in [0.717, 1.165) is 11.1 Å². The minimum Gasteiger partial charge on any atom is -0.299 e. The fourth-order valence-electron chi connectivity index (χ4n) is 1.50. The molecule has 1 atom stereocenters. The molecule has 1 aliphatic carbocycles. The first kappa shape index (κ1) is 7.29. The zero-order valence-corrected chi connectivity index (χ0v) is 6.87. The number of benzene rings is 1. The third-order valence-corrected chi connectivity index (χ3v) is 2.14. The van der Waals surface area contributed by atoms with Gasteiger partial charge in [0.2, 0.25) is 0 Å². The first-order valence-corrected chi connectivity index (χ1v) is 3.98. The van der Waals surface area contributed by atoms with Crippen LogP contribution in [0.1, 0.15) is 24.0 Å². The van der Waals surface area contributed by atoms with Crippen LogP contribution < -0.4 is 0 Å². The maximum absolute atomic E-state index is 11.1. The molecule has 0 bridgehead atoms. The Morgan fingerprint density at radius 3 is 2.92 bits per heavy atom. The highest BCUT2D eigenvalue weighted by atomic mass is 16.1. The van der Waals surface area contributed by atoms with Crippen molar-refractivity contribution in [3.63, 3.8) is 0 Å². The molecule has 0 aliphatic heterocycles. The highest BCUT2D eigenvalue weighted by Gasteiger charge is 2.20. The van der Waals surface area contributed by atoms with Crippen LogP contribution in [0.25, 0.3) is 0 Å². The molecule has 59 valence electrons. The van der Waals surface area contributed by atoms with E-state index in [1.54, 1.807) is 6.92 Å². The SMILES string of the molecule is CC(=O)C1C=[C]c2ccccc21. The number of fused-ring (bicyclic) bond motifs is 1. The summed E-state index contributed by atoms with van der Waals surface area (Å²) in [6.07, 6.45) is 4.93. The number of ketones is 1. The Hall–Kier alpha value is -1.37. The van der Waals surface area contributed by atoms with Crippen molar-refractivity contribution in [3.05, 3.63) is 47.5 Å². The lowest BCUT2D eigenvalue weighted by atomic mass is 9.98. The van der Waals surface area contributed by atoms with E-state index in [-0.39, 0.29) is 11.7 Å². The van der Waals surface area contributed by atoms with Crippen LogP contribution in [0.5, 0.6) is 0 Å². The van der Waals surface area contributed by atoms with Gasteiger partial charge in [0, 0.05) is 0 Å². The zero-order chi connectivity index (χ0) is 8.55. The molecular formula is C11H9O. The summed E-state index contributed by atoms with van der Waals surface area (Å²) in [7, 11) is 0. The fraction of sp³-hybridized carbons (Fsp3) is 0.182. The molecular weight excluding hydrogens is 148 g/mol. The van der Waals surface area contributed by atoms with Crippen LogP contribution in [0.2, 0.25) is 0 Å². The van der Waals surface area contributed by atoms with Crippen molar-refractivity contribution in [2.24, 2.45) is 0 Å². The molecule has 1 heteroatoms. The van der Waals surface area contributed by atoms with Crippen LogP contribution in [0, 0.1) is 6.08 Å². The predicted octanol–water partition coefficient (Wildman–Crippen LogP) is 2.08. The maximum Gasteiger partial charge on any atom is 0.141 e. The third-order valence-electron chi connectivity index (χ3n) is 2.14. The summed E-state index contributed by atoms with van der Waals surface area (Å²) in [5.41, 5.74) is 2.14. The quantitative estimate of drug-likeness (QED) is 0.610. The number of carbonyl (C=O) groups is 1. The van der Waals surface area contributed by atoms with Crippen molar-refractivity contribution in [1.82, 2.24) is 0 Å². The summed E-state index contributed by atoms with van der Waals surface area (Å²) in [5, 5.41) is 0. The standard InChI is InChI=1S/C11H9O/c1-8(12)10-7-6-9-4-2-3-5-11(9)10/h2-5,7,10H,1H3. The van der Waals surface area contributed by atoms with Crippen LogP contribution in [-0.2, 0) is 4.79 Å². The van der Waals surface area contributed by atoms with E-state index >= 15 is 0 Å². The molecule has 1 nitrogen and oxygen atoms in total. The number of allylic oxidation sites excluding steroid dienone is 1. The zero-order valence-electron chi connectivity index (χ0n) is 6.87. The largest absolute Gasteiger partial charge is 0.299 e. The lowest BCUT2D eigenvalue weighted by Gasteiger charge is -2.05. The molecule has 2 rings (SSSR count). The molecule has 0 N–H and O–H groups in total. The van der Waals surface area contributed by atoms with Gasteiger partial charge in [-0.25, -0.2) is 0 Å². The summed E-state index contributed by atoms with van der Waals surface area (Å²) in [5.74, 6) is 0.133. The average molecular weight is 157 g/mol. The Morgan fingerprint density at radius 1 is 1.42 bits per heavy atom. The van der Waals surface area contributed by atoms with Gasteiger partial charge in [0.05, 0.1) is 5.92 Å². The average Bonchev–Trinajstić information content (AvgIpc) is 2.47. The number of Topliss-reactive ketones (excluding diaryl/α,β-unsaturated/α-hetero) is 1. The number of hydrogen-bond donors (Lipinski definition) is 0. The van der Waals surface area contributed by atoms with E-state index in [2.05, 4.69) is 6.08 Å². The van der Waals surface area contributed by atoms with Crippen LogP contribution in [0.3, 0.4) is 0 Å². The van der Waals surface area contributed by atoms with Gasteiger partial charge in [0.15, 0.2) is 0 Å². The summed E-state index contributed by atoms with van der Waals surface area (Å²) >= 11 is 0. The molecule has 1 radical (unpaired) electrons. The molecule has 0 saturated heterocycles. The second-order valence-corrected chi connectivity index (χ2v) is 2.99. The van der Waals surface area contributed by atoms with Gasteiger partial charge >= 0.3 is 0 Å². The molecule has 1 aromatic carbocycles. The maximum atomic E-state index is 11.1. The summed E-state index contributed by atoms with van der Waals surface area (Å²) in [6, 6.07) is 7.88. The topological polar surface area (TPSA) is 17.1 Å². The molecule has 1 aromatic rings. The van der Waals surface area contributed by atoms with E-state index in [1.165, 1.54) is 0 Å². The molecule has 1 aliphatic rings. The number of rotatable bonds is 1.